The van der Waals surface area contributed by atoms with Gasteiger partial charge in [0.2, 0.25) is 0 Å². The molecule has 2 aromatic heterocycles. The average molecular weight is 361 g/mol. The van der Waals surface area contributed by atoms with Gasteiger partial charge in [-0.2, -0.15) is 0 Å². The third-order valence-electron chi connectivity index (χ3n) is 4.36. The van der Waals surface area contributed by atoms with Crippen LogP contribution in [0.1, 0.15) is 34.6 Å². The molecule has 1 aliphatic heterocycles. The van der Waals surface area contributed by atoms with E-state index in [1.807, 2.05) is 19.9 Å². The summed E-state index contributed by atoms with van der Waals surface area (Å²) < 4.78 is 7.88. The number of carbonyl (C=O) groups excluding carboxylic acids is 1. The third-order valence-corrected chi connectivity index (χ3v) is 5.21. The molecule has 0 spiro atoms. The van der Waals surface area contributed by atoms with Crippen LogP contribution >= 0.6 is 11.8 Å². The molecule has 1 aliphatic rings. The molecule has 3 heterocycles. The highest BCUT2D eigenvalue weighted by molar-refractivity contribution is 7.99. The van der Waals surface area contributed by atoms with Gasteiger partial charge in [0.15, 0.2) is 10.9 Å². The third kappa shape index (κ3) is 4.13. The minimum absolute atomic E-state index is 0.0429. The number of nitrogens with zero attached hydrogens (tertiary/aromatic N) is 3. The van der Waals surface area contributed by atoms with Gasteiger partial charge in [-0.25, -0.2) is 9.97 Å². The lowest BCUT2D eigenvalue weighted by molar-refractivity contribution is 0.0957. The molecular weight excluding hydrogens is 338 g/mol. The molecule has 8 heteroatoms. The Balaban J connectivity index is 1.69. The quantitative estimate of drug-likeness (QED) is 0.461. The number of aromatic nitrogens is 3. The zero-order valence-corrected chi connectivity index (χ0v) is 15.3. The van der Waals surface area contributed by atoms with E-state index in [0.29, 0.717) is 16.8 Å². The lowest BCUT2D eigenvalue weighted by Crippen LogP contribution is -2.17. The van der Waals surface area contributed by atoms with Crippen LogP contribution in [0.25, 0.3) is 0 Å². The van der Waals surface area contributed by atoms with Crippen molar-refractivity contribution in [2.24, 2.45) is 0 Å². The maximum Gasteiger partial charge on any atom is 0.191 e. The molecule has 1 atom stereocenters. The van der Waals surface area contributed by atoms with Gasteiger partial charge in [-0.1, -0.05) is 11.8 Å². The Labute approximate surface area is 151 Å². The van der Waals surface area contributed by atoms with E-state index in [4.69, 9.17) is 16.2 Å². The molecule has 0 bridgehead atoms. The number of nitrogens with two attached hydrogens (primary N) is 2. The number of carbonyl (C=O) groups is 1. The fourth-order valence-corrected chi connectivity index (χ4v) is 3.85. The van der Waals surface area contributed by atoms with Gasteiger partial charge in [0.05, 0.1) is 11.9 Å². The minimum atomic E-state index is 0.0429. The number of ether oxygens (including phenoxy) is 1. The normalized spacial score (nSPS) is 17.1. The molecule has 1 fully saturated rings. The first-order valence-corrected chi connectivity index (χ1v) is 9.27. The summed E-state index contributed by atoms with van der Waals surface area (Å²) in [6.45, 7) is 5.63. The van der Waals surface area contributed by atoms with E-state index in [9.17, 15) is 4.79 Å². The van der Waals surface area contributed by atoms with E-state index in [0.717, 1.165) is 42.9 Å². The Morgan fingerprint density at radius 3 is 2.68 bits per heavy atom. The van der Waals surface area contributed by atoms with E-state index in [1.165, 1.54) is 17.8 Å². The highest BCUT2D eigenvalue weighted by Gasteiger charge is 2.21. The molecule has 0 unspecified atom stereocenters. The van der Waals surface area contributed by atoms with Crippen LogP contribution in [-0.4, -0.2) is 38.8 Å². The van der Waals surface area contributed by atoms with Crippen LogP contribution in [0.3, 0.4) is 0 Å². The summed E-state index contributed by atoms with van der Waals surface area (Å²) in [5, 5.41) is 0.416. The summed E-state index contributed by atoms with van der Waals surface area (Å²) in [4.78, 5) is 20.8. The van der Waals surface area contributed by atoms with Crippen LogP contribution in [0.15, 0.2) is 17.3 Å². The van der Waals surface area contributed by atoms with Gasteiger partial charge >= 0.3 is 0 Å². The summed E-state index contributed by atoms with van der Waals surface area (Å²) in [6, 6.07) is 3.44. The molecule has 4 N–H and O–H groups in total. The van der Waals surface area contributed by atoms with Gasteiger partial charge in [-0.05, 0) is 32.8 Å². The number of rotatable bonds is 6. The summed E-state index contributed by atoms with van der Waals surface area (Å²) in [7, 11) is 0. The SMILES string of the molecule is Cc1cc(C(=O)CSc2nc(N)cc(N)n2)c(C)n1C[C@H]1CCCO1. The lowest BCUT2D eigenvalue weighted by atomic mass is 10.2. The predicted octanol–water partition coefficient (Wildman–Crippen LogP) is 2.21. The molecular formula is C17H23N5O2S. The van der Waals surface area contributed by atoms with E-state index >= 15 is 0 Å². The number of anilines is 2. The topological polar surface area (TPSA) is 109 Å². The van der Waals surface area contributed by atoms with E-state index < -0.39 is 0 Å². The lowest BCUT2D eigenvalue weighted by Gasteiger charge is -2.14. The van der Waals surface area contributed by atoms with Crippen LogP contribution in [0.2, 0.25) is 0 Å². The second kappa shape index (κ2) is 7.45. The molecule has 2 aromatic rings. The van der Waals surface area contributed by atoms with Crippen LogP contribution in [0, 0.1) is 13.8 Å². The average Bonchev–Trinajstić information content (AvgIpc) is 3.15. The number of aryl methyl sites for hydroxylation is 1. The zero-order valence-electron chi connectivity index (χ0n) is 14.5. The number of hydrogen-bond acceptors (Lipinski definition) is 7. The monoisotopic (exact) mass is 361 g/mol. The zero-order chi connectivity index (χ0) is 18.0. The summed E-state index contributed by atoms with van der Waals surface area (Å²) in [5.41, 5.74) is 14.1. The first kappa shape index (κ1) is 17.8. The Morgan fingerprint density at radius 1 is 1.32 bits per heavy atom. The predicted molar refractivity (Wildman–Crippen MR) is 98.8 cm³/mol. The van der Waals surface area contributed by atoms with Crippen LogP contribution < -0.4 is 11.5 Å². The van der Waals surface area contributed by atoms with Crippen molar-refractivity contribution in [3.05, 3.63) is 29.1 Å². The second-order valence-electron chi connectivity index (χ2n) is 6.24. The first-order valence-electron chi connectivity index (χ1n) is 8.28. The molecule has 0 aliphatic carbocycles. The maximum absolute atomic E-state index is 12.6. The van der Waals surface area contributed by atoms with Crippen molar-refractivity contribution in [3.63, 3.8) is 0 Å². The van der Waals surface area contributed by atoms with Gasteiger partial charge in [0.25, 0.3) is 0 Å². The molecule has 0 aromatic carbocycles. The number of thioether (sulfide) groups is 1. The Morgan fingerprint density at radius 2 is 2.04 bits per heavy atom. The number of hydrogen-bond donors (Lipinski definition) is 2. The molecule has 7 nitrogen and oxygen atoms in total. The molecule has 3 rings (SSSR count). The van der Waals surface area contributed by atoms with Crippen molar-refractivity contribution in [2.45, 2.75) is 44.5 Å². The molecule has 1 saturated heterocycles. The van der Waals surface area contributed by atoms with E-state index in [2.05, 4.69) is 14.5 Å². The van der Waals surface area contributed by atoms with Crippen molar-refractivity contribution in [2.75, 3.05) is 23.8 Å². The molecule has 25 heavy (non-hydrogen) atoms. The number of Topliss-reactive ketones (excluding diaryl/α,β-unsaturated/α-hetero) is 1. The molecule has 0 saturated carbocycles. The number of nitrogen functional groups attached to an aromatic ring is 2. The Bertz CT molecular complexity index is 763. The van der Waals surface area contributed by atoms with Gasteiger partial charge < -0.3 is 20.8 Å². The van der Waals surface area contributed by atoms with Gasteiger partial charge in [0, 0.05) is 36.2 Å². The first-order chi connectivity index (χ1) is 11.9. The second-order valence-corrected chi connectivity index (χ2v) is 7.19. The Kier molecular flexibility index (Phi) is 5.29. The Hall–Kier alpha value is -2.06. The number of ketones is 1. The minimum Gasteiger partial charge on any atom is -0.383 e. The summed E-state index contributed by atoms with van der Waals surface area (Å²) in [6.07, 6.45) is 2.42. The smallest absolute Gasteiger partial charge is 0.191 e. The van der Waals surface area contributed by atoms with Gasteiger partial charge in [-0.15, -0.1) is 0 Å². The van der Waals surface area contributed by atoms with E-state index in [-0.39, 0.29) is 17.6 Å². The van der Waals surface area contributed by atoms with Crippen molar-refractivity contribution < 1.29 is 9.53 Å². The van der Waals surface area contributed by atoms with Crippen molar-refractivity contribution >= 4 is 29.2 Å². The van der Waals surface area contributed by atoms with E-state index in [1.54, 1.807) is 0 Å². The van der Waals surface area contributed by atoms with Crippen LogP contribution in [0.5, 0.6) is 0 Å². The molecule has 134 valence electrons. The maximum atomic E-state index is 12.6. The fourth-order valence-electron chi connectivity index (χ4n) is 3.09. The molecule has 0 amide bonds. The highest BCUT2D eigenvalue weighted by atomic mass is 32.2. The largest absolute Gasteiger partial charge is 0.383 e. The van der Waals surface area contributed by atoms with Gasteiger partial charge in [-0.3, -0.25) is 4.79 Å². The van der Waals surface area contributed by atoms with Crippen LogP contribution in [-0.2, 0) is 11.3 Å². The van der Waals surface area contributed by atoms with Crippen molar-refractivity contribution in [1.29, 1.82) is 0 Å². The molecule has 0 radical (unpaired) electrons. The van der Waals surface area contributed by atoms with Crippen molar-refractivity contribution in [3.8, 4) is 0 Å². The van der Waals surface area contributed by atoms with Crippen molar-refractivity contribution in [1.82, 2.24) is 14.5 Å². The standard InChI is InChI=1S/C17H23N5O2S/c1-10-6-13(11(2)22(10)8-12-4-3-5-24-12)14(23)9-25-17-20-15(18)7-16(19)21-17/h6-7,12H,3-5,8-9H2,1-2H3,(H4,18,19,20,21)/t12-/m1/s1. The van der Waals surface area contributed by atoms with Crippen LogP contribution in [0.4, 0.5) is 11.6 Å². The summed E-state index contributed by atoms with van der Waals surface area (Å²) >= 11 is 1.24. The summed E-state index contributed by atoms with van der Waals surface area (Å²) in [5.74, 6) is 0.892. The highest BCUT2D eigenvalue weighted by Crippen LogP contribution is 2.23. The van der Waals surface area contributed by atoms with Gasteiger partial charge in [0.1, 0.15) is 11.6 Å². The fraction of sp³-hybridized carbons (Fsp3) is 0.471.